The average molecular weight is 238 g/mol. The molecular formula is C12H22N4O. The second-order valence-corrected chi connectivity index (χ2v) is 4.92. The van der Waals surface area contributed by atoms with Gasteiger partial charge in [0.15, 0.2) is 0 Å². The molecule has 96 valence electrons. The first-order valence-corrected chi connectivity index (χ1v) is 6.06. The third kappa shape index (κ3) is 3.07. The zero-order valence-corrected chi connectivity index (χ0v) is 10.6. The zero-order chi connectivity index (χ0) is 12.3. The molecule has 0 aromatic carbocycles. The van der Waals surface area contributed by atoms with Gasteiger partial charge in [-0.05, 0) is 32.1 Å². The van der Waals surface area contributed by atoms with Crippen LogP contribution < -0.4 is 11.3 Å². The molecule has 1 aliphatic heterocycles. The van der Waals surface area contributed by atoms with Gasteiger partial charge in [-0.3, -0.25) is 16.2 Å². The first-order chi connectivity index (χ1) is 8.20. The minimum Gasteiger partial charge on any atom is -0.472 e. The SMILES string of the molecule is CN1CCN(C)C(C(Cc2ccoc2)NN)C1. The number of furan rings is 1. The number of hydrogen-bond acceptors (Lipinski definition) is 5. The number of rotatable bonds is 4. The van der Waals surface area contributed by atoms with E-state index in [0.29, 0.717) is 6.04 Å². The second-order valence-electron chi connectivity index (χ2n) is 4.92. The Morgan fingerprint density at radius 2 is 2.35 bits per heavy atom. The maximum absolute atomic E-state index is 5.70. The highest BCUT2D eigenvalue weighted by molar-refractivity contribution is 5.09. The molecule has 2 rings (SSSR count). The number of piperazine rings is 1. The smallest absolute Gasteiger partial charge is 0.0935 e. The fourth-order valence-electron chi connectivity index (χ4n) is 2.45. The Kier molecular flexibility index (Phi) is 4.17. The van der Waals surface area contributed by atoms with Crippen LogP contribution in [0, 0.1) is 0 Å². The summed E-state index contributed by atoms with van der Waals surface area (Å²) in [5.74, 6) is 5.70. The van der Waals surface area contributed by atoms with Crippen LogP contribution in [0.5, 0.6) is 0 Å². The van der Waals surface area contributed by atoms with Gasteiger partial charge in [-0.25, -0.2) is 0 Å². The van der Waals surface area contributed by atoms with Gasteiger partial charge in [-0.1, -0.05) is 0 Å². The average Bonchev–Trinajstić information content (AvgIpc) is 2.82. The highest BCUT2D eigenvalue weighted by Crippen LogP contribution is 2.14. The Balaban J connectivity index is 2.01. The van der Waals surface area contributed by atoms with Crippen molar-refractivity contribution in [1.29, 1.82) is 0 Å². The van der Waals surface area contributed by atoms with Crippen molar-refractivity contribution in [1.82, 2.24) is 15.2 Å². The van der Waals surface area contributed by atoms with Crippen molar-refractivity contribution in [3.8, 4) is 0 Å². The van der Waals surface area contributed by atoms with Crippen LogP contribution in [0.15, 0.2) is 23.0 Å². The predicted molar refractivity (Wildman–Crippen MR) is 67.4 cm³/mol. The lowest BCUT2D eigenvalue weighted by molar-refractivity contribution is 0.0876. The molecule has 2 atom stereocenters. The lowest BCUT2D eigenvalue weighted by Gasteiger charge is -2.41. The first kappa shape index (κ1) is 12.6. The molecule has 0 bridgehead atoms. The normalized spacial score (nSPS) is 25.0. The number of hydrazine groups is 1. The van der Waals surface area contributed by atoms with E-state index in [9.17, 15) is 0 Å². The summed E-state index contributed by atoms with van der Waals surface area (Å²) in [5, 5.41) is 0. The molecule has 0 aliphatic carbocycles. The molecule has 1 aromatic heterocycles. The fraction of sp³-hybridized carbons (Fsp3) is 0.667. The Morgan fingerprint density at radius 1 is 1.53 bits per heavy atom. The third-order valence-electron chi connectivity index (χ3n) is 3.61. The van der Waals surface area contributed by atoms with Gasteiger partial charge >= 0.3 is 0 Å². The number of likely N-dealkylation sites (N-methyl/N-ethyl adjacent to an activating group) is 2. The van der Waals surface area contributed by atoms with E-state index in [1.165, 1.54) is 5.56 Å². The maximum atomic E-state index is 5.70. The highest BCUT2D eigenvalue weighted by Gasteiger charge is 2.29. The van der Waals surface area contributed by atoms with Crippen LogP contribution in [0.3, 0.4) is 0 Å². The molecule has 5 nitrogen and oxygen atoms in total. The summed E-state index contributed by atoms with van der Waals surface area (Å²) in [7, 11) is 4.32. The lowest BCUT2D eigenvalue weighted by atomic mass is 9.98. The van der Waals surface area contributed by atoms with Crippen LogP contribution in [-0.4, -0.2) is 55.6 Å². The van der Waals surface area contributed by atoms with Crippen molar-refractivity contribution < 1.29 is 4.42 Å². The molecule has 17 heavy (non-hydrogen) atoms. The topological polar surface area (TPSA) is 57.7 Å². The molecule has 0 saturated carbocycles. The second kappa shape index (κ2) is 5.64. The molecule has 1 aromatic rings. The molecule has 0 radical (unpaired) electrons. The third-order valence-corrected chi connectivity index (χ3v) is 3.61. The standard InChI is InChI=1S/C12H22N4O/c1-15-4-5-16(2)12(8-15)11(14-13)7-10-3-6-17-9-10/h3,6,9,11-12,14H,4-5,7-8,13H2,1-2H3. The predicted octanol–water partition coefficient (Wildman–Crippen LogP) is -0.100. The van der Waals surface area contributed by atoms with Crippen molar-refractivity contribution in [3.05, 3.63) is 24.2 Å². The summed E-state index contributed by atoms with van der Waals surface area (Å²) >= 11 is 0. The van der Waals surface area contributed by atoms with Crippen LogP contribution in [0.2, 0.25) is 0 Å². The highest BCUT2D eigenvalue weighted by atomic mass is 16.3. The summed E-state index contributed by atoms with van der Waals surface area (Å²) < 4.78 is 5.10. The van der Waals surface area contributed by atoms with Gasteiger partial charge in [0.05, 0.1) is 12.5 Å². The number of nitrogens with one attached hydrogen (secondary N) is 1. The van der Waals surface area contributed by atoms with E-state index in [0.717, 1.165) is 26.1 Å². The molecule has 2 unspecified atom stereocenters. The number of hydrogen-bond donors (Lipinski definition) is 2. The largest absolute Gasteiger partial charge is 0.472 e. The summed E-state index contributed by atoms with van der Waals surface area (Å²) in [4.78, 5) is 4.73. The van der Waals surface area contributed by atoms with Crippen LogP contribution >= 0.6 is 0 Å². The van der Waals surface area contributed by atoms with Crippen molar-refractivity contribution in [2.24, 2.45) is 5.84 Å². The van der Waals surface area contributed by atoms with Crippen molar-refractivity contribution >= 4 is 0 Å². The van der Waals surface area contributed by atoms with Gasteiger partial charge in [-0.15, -0.1) is 0 Å². The van der Waals surface area contributed by atoms with Crippen LogP contribution in [0.4, 0.5) is 0 Å². The van der Waals surface area contributed by atoms with E-state index < -0.39 is 0 Å². The van der Waals surface area contributed by atoms with Gasteiger partial charge in [0.1, 0.15) is 0 Å². The Bertz CT molecular complexity index is 327. The van der Waals surface area contributed by atoms with E-state index >= 15 is 0 Å². The minimum atomic E-state index is 0.250. The number of nitrogens with two attached hydrogens (primary N) is 1. The summed E-state index contributed by atoms with van der Waals surface area (Å²) in [5.41, 5.74) is 4.14. The summed E-state index contributed by atoms with van der Waals surface area (Å²) in [6.45, 7) is 3.25. The van der Waals surface area contributed by atoms with E-state index in [1.807, 2.05) is 6.07 Å². The Labute approximate surface area is 103 Å². The molecule has 1 saturated heterocycles. The van der Waals surface area contributed by atoms with E-state index in [2.05, 4.69) is 29.3 Å². The van der Waals surface area contributed by atoms with Gasteiger partial charge in [0, 0.05) is 31.7 Å². The molecule has 5 heteroatoms. The molecule has 3 N–H and O–H groups in total. The zero-order valence-electron chi connectivity index (χ0n) is 10.6. The van der Waals surface area contributed by atoms with Gasteiger partial charge in [0.25, 0.3) is 0 Å². The quantitative estimate of drug-likeness (QED) is 0.567. The summed E-state index contributed by atoms with van der Waals surface area (Å²) in [6.07, 6.45) is 4.40. The Morgan fingerprint density at radius 3 is 3.00 bits per heavy atom. The molecule has 0 amide bonds. The Hall–Kier alpha value is -0.880. The maximum Gasteiger partial charge on any atom is 0.0935 e. The van der Waals surface area contributed by atoms with Crippen LogP contribution in [0.1, 0.15) is 5.56 Å². The first-order valence-electron chi connectivity index (χ1n) is 6.06. The molecule has 1 aliphatic rings. The van der Waals surface area contributed by atoms with Gasteiger partial charge < -0.3 is 9.32 Å². The minimum absolute atomic E-state index is 0.250. The van der Waals surface area contributed by atoms with Crippen molar-refractivity contribution in [2.75, 3.05) is 33.7 Å². The van der Waals surface area contributed by atoms with E-state index in [4.69, 9.17) is 10.3 Å². The monoisotopic (exact) mass is 238 g/mol. The van der Waals surface area contributed by atoms with E-state index in [-0.39, 0.29) is 6.04 Å². The lowest BCUT2D eigenvalue weighted by Crippen LogP contribution is -2.60. The molecule has 1 fully saturated rings. The number of nitrogens with zero attached hydrogens (tertiary/aromatic N) is 2. The van der Waals surface area contributed by atoms with E-state index in [1.54, 1.807) is 12.5 Å². The van der Waals surface area contributed by atoms with Gasteiger partial charge in [0.2, 0.25) is 0 Å². The van der Waals surface area contributed by atoms with Crippen LogP contribution in [-0.2, 0) is 6.42 Å². The molecule has 2 heterocycles. The molecular weight excluding hydrogens is 216 g/mol. The van der Waals surface area contributed by atoms with Crippen LogP contribution in [0.25, 0.3) is 0 Å². The molecule has 0 spiro atoms. The fourth-order valence-corrected chi connectivity index (χ4v) is 2.45. The van der Waals surface area contributed by atoms with Crippen molar-refractivity contribution in [3.63, 3.8) is 0 Å². The van der Waals surface area contributed by atoms with Gasteiger partial charge in [-0.2, -0.15) is 0 Å². The summed E-state index contributed by atoms with van der Waals surface area (Å²) in [6, 6.07) is 2.69. The van der Waals surface area contributed by atoms with Crippen molar-refractivity contribution in [2.45, 2.75) is 18.5 Å².